The number of rotatable bonds is 10. The van der Waals surface area contributed by atoms with Crippen molar-refractivity contribution in [1.29, 1.82) is 0 Å². The van der Waals surface area contributed by atoms with Gasteiger partial charge in [0, 0.05) is 25.6 Å². The fraction of sp³-hybridized carbons (Fsp3) is 0.286. The van der Waals surface area contributed by atoms with Gasteiger partial charge in [-0.15, -0.1) is 0 Å². The van der Waals surface area contributed by atoms with Crippen molar-refractivity contribution in [1.82, 2.24) is 14.4 Å². The maximum atomic E-state index is 12.7. The number of carbonyl (C=O) groups is 1. The predicted molar refractivity (Wildman–Crippen MR) is 112 cm³/mol. The fourth-order valence-electron chi connectivity index (χ4n) is 2.69. The Morgan fingerprint density at radius 2 is 1.71 bits per heavy atom. The van der Waals surface area contributed by atoms with E-state index in [2.05, 4.69) is 10.1 Å². The summed E-state index contributed by atoms with van der Waals surface area (Å²) in [4.78, 5) is 15.7. The molecule has 0 N–H and O–H groups in total. The molecule has 0 aliphatic carbocycles. The summed E-state index contributed by atoms with van der Waals surface area (Å²) < 4.78 is 42.4. The highest BCUT2D eigenvalue weighted by Gasteiger charge is 2.21. The Labute approximate surface area is 180 Å². The second kappa shape index (κ2) is 9.71. The van der Waals surface area contributed by atoms with Gasteiger partial charge in [0.05, 0.1) is 12.0 Å². The molecule has 0 fully saturated rings. The average Bonchev–Trinajstić information content (AvgIpc) is 3.24. The van der Waals surface area contributed by atoms with Gasteiger partial charge in [0.25, 0.3) is 5.89 Å². The molecule has 3 aromatic rings. The SMILES string of the molecule is COc1ccc(OCc2nc(CCN(C)S(=O)(=O)c3ccc(C(C)=O)cc3)no2)cc1. The van der Waals surface area contributed by atoms with Crippen LogP contribution in [0.2, 0.25) is 0 Å². The van der Waals surface area contributed by atoms with Crippen LogP contribution in [-0.4, -0.2) is 49.3 Å². The largest absolute Gasteiger partial charge is 0.497 e. The molecule has 1 heterocycles. The van der Waals surface area contributed by atoms with Crippen LogP contribution >= 0.6 is 0 Å². The second-order valence-electron chi connectivity index (χ2n) is 6.73. The highest BCUT2D eigenvalue weighted by Crippen LogP contribution is 2.18. The molecule has 10 heteroatoms. The summed E-state index contributed by atoms with van der Waals surface area (Å²) in [6, 6.07) is 12.9. The van der Waals surface area contributed by atoms with Crippen molar-refractivity contribution >= 4 is 15.8 Å². The molecule has 0 unspecified atom stereocenters. The van der Waals surface area contributed by atoms with E-state index >= 15 is 0 Å². The van der Waals surface area contributed by atoms with E-state index in [9.17, 15) is 13.2 Å². The number of aromatic nitrogens is 2. The normalized spacial score (nSPS) is 11.5. The molecule has 0 saturated carbocycles. The first-order valence-corrected chi connectivity index (χ1v) is 10.9. The van der Waals surface area contributed by atoms with Crippen molar-refractivity contribution in [2.24, 2.45) is 0 Å². The number of nitrogens with zero attached hydrogens (tertiary/aromatic N) is 3. The van der Waals surface area contributed by atoms with Crippen molar-refractivity contribution in [3.63, 3.8) is 0 Å². The molecule has 0 spiro atoms. The van der Waals surface area contributed by atoms with Crippen molar-refractivity contribution < 1.29 is 27.2 Å². The Morgan fingerprint density at radius 3 is 2.32 bits per heavy atom. The van der Waals surface area contributed by atoms with Crippen LogP contribution in [0.4, 0.5) is 0 Å². The van der Waals surface area contributed by atoms with Crippen molar-refractivity contribution in [2.45, 2.75) is 24.8 Å². The highest BCUT2D eigenvalue weighted by molar-refractivity contribution is 7.89. The first-order chi connectivity index (χ1) is 14.8. The van der Waals surface area contributed by atoms with Crippen LogP contribution in [0.25, 0.3) is 0 Å². The van der Waals surface area contributed by atoms with E-state index in [1.807, 2.05) is 0 Å². The van der Waals surface area contributed by atoms with Gasteiger partial charge < -0.3 is 14.0 Å². The first kappa shape index (κ1) is 22.4. The summed E-state index contributed by atoms with van der Waals surface area (Å²) in [5.74, 6) is 1.89. The van der Waals surface area contributed by atoms with Crippen LogP contribution in [0.5, 0.6) is 11.5 Å². The molecule has 0 atom stereocenters. The minimum absolute atomic E-state index is 0.0932. The van der Waals surface area contributed by atoms with E-state index in [0.29, 0.717) is 17.1 Å². The zero-order valence-electron chi connectivity index (χ0n) is 17.4. The number of carbonyl (C=O) groups excluding carboxylic acids is 1. The predicted octanol–water partition coefficient (Wildman–Crippen LogP) is 2.72. The number of sulfonamides is 1. The molecule has 0 radical (unpaired) electrons. The molecule has 0 aliphatic heterocycles. The molecule has 0 bridgehead atoms. The topological polar surface area (TPSA) is 112 Å². The van der Waals surface area contributed by atoms with Gasteiger partial charge >= 0.3 is 0 Å². The van der Waals surface area contributed by atoms with Crippen LogP contribution in [-0.2, 0) is 23.1 Å². The summed E-state index contributed by atoms with van der Waals surface area (Å²) in [5.41, 5.74) is 0.456. The molecule has 0 saturated heterocycles. The van der Waals surface area contributed by atoms with Crippen LogP contribution in [0.1, 0.15) is 29.0 Å². The number of Topliss-reactive ketones (excluding diaryl/α,β-unsaturated/α-hetero) is 1. The summed E-state index contributed by atoms with van der Waals surface area (Å²) in [7, 11) is -0.636. The Balaban J connectivity index is 1.54. The molecule has 3 rings (SSSR count). The molecule has 9 nitrogen and oxygen atoms in total. The number of likely N-dealkylation sites (N-methyl/N-ethyl adjacent to an activating group) is 1. The number of hydrogen-bond donors (Lipinski definition) is 0. The number of benzene rings is 2. The van der Waals surface area contributed by atoms with E-state index in [-0.39, 0.29) is 36.1 Å². The lowest BCUT2D eigenvalue weighted by Crippen LogP contribution is -2.29. The van der Waals surface area contributed by atoms with Crippen LogP contribution in [0.15, 0.2) is 57.9 Å². The molecule has 164 valence electrons. The minimum atomic E-state index is -3.70. The van der Waals surface area contributed by atoms with E-state index in [1.54, 1.807) is 31.4 Å². The summed E-state index contributed by atoms with van der Waals surface area (Å²) in [5, 5.41) is 3.87. The van der Waals surface area contributed by atoms with Gasteiger partial charge in [-0.2, -0.15) is 4.98 Å². The third-order valence-electron chi connectivity index (χ3n) is 4.55. The molecular weight excluding hydrogens is 422 g/mol. The van der Waals surface area contributed by atoms with Crippen LogP contribution in [0.3, 0.4) is 0 Å². The monoisotopic (exact) mass is 445 g/mol. The zero-order valence-corrected chi connectivity index (χ0v) is 18.3. The number of methoxy groups -OCH3 is 1. The average molecular weight is 445 g/mol. The number of hydrogen-bond acceptors (Lipinski definition) is 8. The van der Waals surface area contributed by atoms with Gasteiger partial charge in [-0.05, 0) is 43.3 Å². The van der Waals surface area contributed by atoms with Gasteiger partial charge in [0.15, 0.2) is 18.2 Å². The maximum absolute atomic E-state index is 12.7. The van der Waals surface area contributed by atoms with E-state index < -0.39 is 10.0 Å². The van der Waals surface area contributed by atoms with Gasteiger partial charge in [0.2, 0.25) is 10.0 Å². The van der Waals surface area contributed by atoms with E-state index in [0.717, 1.165) is 5.75 Å². The van der Waals surface area contributed by atoms with Crippen molar-refractivity contribution in [3.05, 3.63) is 65.8 Å². The quantitative estimate of drug-likeness (QED) is 0.438. The minimum Gasteiger partial charge on any atom is -0.497 e. The van der Waals surface area contributed by atoms with Crippen LogP contribution < -0.4 is 9.47 Å². The molecule has 0 aliphatic rings. The van der Waals surface area contributed by atoms with E-state index in [1.165, 1.54) is 42.5 Å². The fourth-order valence-corrected chi connectivity index (χ4v) is 3.86. The lowest BCUT2D eigenvalue weighted by atomic mass is 10.2. The first-order valence-electron chi connectivity index (χ1n) is 9.45. The number of ketones is 1. The molecule has 0 amide bonds. The maximum Gasteiger partial charge on any atom is 0.264 e. The molecular formula is C21H23N3O6S. The highest BCUT2D eigenvalue weighted by atomic mass is 32.2. The Morgan fingerprint density at radius 1 is 1.06 bits per heavy atom. The van der Waals surface area contributed by atoms with E-state index in [4.69, 9.17) is 14.0 Å². The third kappa shape index (κ3) is 5.68. The lowest BCUT2D eigenvalue weighted by molar-refractivity contribution is 0.101. The van der Waals surface area contributed by atoms with Gasteiger partial charge in [-0.3, -0.25) is 4.79 Å². The smallest absolute Gasteiger partial charge is 0.264 e. The molecule has 2 aromatic carbocycles. The Bertz CT molecular complexity index is 1120. The lowest BCUT2D eigenvalue weighted by Gasteiger charge is -2.16. The molecule has 1 aromatic heterocycles. The number of ether oxygens (including phenoxy) is 2. The summed E-state index contributed by atoms with van der Waals surface area (Å²) >= 11 is 0. The van der Waals surface area contributed by atoms with Gasteiger partial charge in [0.1, 0.15) is 11.5 Å². The van der Waals surface area contributed by atoms with Crippen LogP contribution in [0, 0.1) is 0 Å². The second-order valence-corrected chi connectivity index (χ2v) is 8.77. The Hall–Kier alpha value is -3.24. The van der Waals surface area contributed by atoms with Gasteiger partial charge in [-0.1, -0.05) is 17.3 Å². The standard InChI is InChI=1S/C21H23N3O6S/c1-15(25)16-4-10-19(11-5-16)31(26,27)24(2)13-12-20-22-21(30-23-20)14-29-18-8-6-17(28-3)7-9-18/h4-11H,12-14H2,1-3H3. The molecule has 31 heavy (non-hydrogen) atoms. The van der Waals surface area contributed by atoms with Crippen molar-refractivity contribution in [2.75, 3.05) is 20.7 Å². The third-order valence-corrected chi connectivity index (χ3v) is 6.42. The Kier molecular flexibility index (Phi) is 7.03. The summed E-state index contributed by atoms with van der Waals surface area (Å²) in [6.45, 7) is 1.68. The van der Waals surface area contributed by atoms with Crippen molar-refractivity contribution in [3.8, 4) is 11.5 Å². The zero-order chi connectivity index (χ0) is 22.4. The van der Waals surface area contributed by atoms with Gasteiger partial charge in [-0.25, -0.2) is 12.7 Å². The summed E-state index contributed by atoms with van der Waals surface area (Å²) in [6.07, 6.45) is 0.271.